The number of aromatic nitrogens is 2. The Morgan fingerprint density at radius 1 is 1.26 bits per heavy atom. The summed E-state index contributed by atoms with van der Waals surface area (Å²) in [7, 11) is 0. The van der Waals surface area contributed by atoms with Crippen molar-refractivity contribution in [2.45, 2.75) is 20.3 Å². The van der Waals surface area contributed by atoms with Gasteiger partial charge in [-0.15, -0.1) is 0 Å². The molecule has 0 fully saturated rings. The normalized spacial score (nSPS) is 10.3. The van der Waals surface area contributed by atoms with Crippen LogP contribution in [-0.2, 0) is 0 Å². The van der Waals surface area contributed by atoms with E-state index in [1.54, 1.807) is 0 Å². The molecule has 19 heavy (non-hydrogen) atoms. The number of hydrogen-bond donors (Lipinski definition) is 1. The zero-order valence-corrected chi connectivity index (χ0v) is 12.6. The van der Waals surface area contributed by atoms with E-state index >= 15 is 0 Å². The first-order valence-corrected chi connectivity index (χ1v) is 7.00. The molecule has 2 aromatic rings. The highest BCUT2D eigenvalue weighted by molar-refractivity contribution is 9.10. The van der Waals surface area contributed by atoms with Crippen molar-refractivity contribution < 1.29 is 4.74 Å². The van der Waals surface area contributed by atoms with Crippen molar-refractivity contribution in [3.05, 3.63) is 40.5 Å². The van der Waals surface area contributed by atoms with Crippen molar-refractivity contribution in [2.24, 2.45) is 0 Å². The highest BCUT2D eigenvalue weighted by Gasteiger charge is 2.06. The van der Waals surface area contributed by atoms with E-state index in [0.29, 0.717) is 11.8 Å². The second-order valence-electron chi connectivity index (χ2n) is 4.13. The minimum Gasteiger partial charge on any atom is -0.438 e. The average Bonchev–Trinajstić information content (AvgIpc) is 2.38. The Kier molecular flexibility index (Phi) is 4.74. The summed E-state index contributed by atoms with van der Waals surface area (Å²) < 4.78 is 6.67. The lowest BCUT2D eigenvalue weighted by atomic mass is 10.3. The van der Waals surface area contributed by atoms with Crippen LogP contribution in [-0.4, -0.2) is 16.5 Å². The van der Waals surface area contributed by atoms with Crippen LogP contribution < -0.4 is 10.1 Å². The van der Waals surface area contributed by atoms with E-state index in [1.165, 1.54) is 0 Å². The van der Waals surface area contributed by atoms with Gasteiger partial charge in [-0.2, -0.15) is 4.98 Å². The van der Waals surface area contributed by atoms with Gasteiger partial charge in [-0.05, 0) is 41.4 Å². The number of aryl methyl sites for hydroxylation is 1. The maximum atomic E-state index is 5.77. The third-order valence-corrected chi connectivity index (χ3v) is 3.07. The van der Waals surface area contributed by atoms with E-state index in [2.05, 4.69) is 38.1 Å². The Hall–Kier alpha value is -1.62. The second kappa shape index (κ2) is 6.52. The number of rotatable bonds is 5. The zero-order valence-electron chi connectivity index (χ0n) is 11.0. The minimum atomic E-state index is 0.540. The largest absolute Gasteiger partial charge is 0.438 e. The van der Waals surface area contributed by atoms with Gasteiger partial charge in [-0.1, -0.05) is 19.1 Å². The van der Waals surface area contributed by atoms with Crippen LogP contribution in [0.15, 0.2) is 34.8 Å². The Morgan fingerprint density at radius 2 is 2.05 bits per heavy atom. The Labute approximate surface area is 121 Å². The fourth-order valence-corrected chi connectivity index (χ4v) is 1.91. The molecule has 2 rings (SSSR count). The molecule has 0 aliphatic rings. The summed E-state index contributed by atoms with van der Waals surface area (Å²) in [5.41, 5.74) is 0.871. The number of halogens is 1. The van der Waals surface area contributed by atoms with Crippen molar-refractivity contribution in [2.75, 3.05) is 11.9 Å². The summed E-state index contributed by atoms with van der Waals surface area (Å²) in [5.74, 6) is 1.88. The first-order chi connectivity index (χ1) is 9.19. The number of benzene rings is 1. The molecule has 0 saturated carbocycles. The summed E-state index contributed by atoms with van der Waals surface area (Å²) in [4.78, 5) is 8.66. The number of nitrogens with zero attached hydrogens (tertiary/aromatic N) is 2. The van der Waals surface area contributed by atoms with Crippen LogP contribution in [0.3, 0.4) is 0 Å². The van der Waals surface area contributed by atoms with Crippen molar-refractivity contribution in [1.82, 2.24) is 9.97 Å². The van der Waals surface area contributed by atoms with Crippen molar-refractivity contribution in [3.8, 4) is 11.6 Å². The summed E-state index contributed by atoms with van der Waals surface area (Å²) in [6.07, 6.45) is 1.03. The number of para-hydroxylation sites is 1. The number of hydrogen-bond acceptors (Lipinski definition) is 4. The van der Waals surface area contributed by atoms with Crippen LogP contribution in [0.1, 0.15) is 19.0 Å². The van der Waals surface area contributed by atoms with Gasteiger partial charge in [0.15, 0.2) is 0 Å². The summed E-state index contributed by atoms with van der Waals surface area (Å²) >= 11 is 3.45. The van der Waals surface area contributed by atoms with Gasteiger partial charge in [-0.3, -0.25) is 0 Å². The predicted octanol–water partition coefficient (Wildman–Crippen LogP) is 4.16. The molecule has 0 atom stereocenters. The minimum absolute atomic E-state index is 0.540. The van der Waals surface area contributed by atoms with Gasteiger partial charge in [0, 0.05) is 18.3 Å². The molecular formula is C14H16BrN3O. The molecule has 0 spiro atoms. The first kappa shape index (κ1) is 13.8. The fourth-order valence-electron chi connectivity index (χ4n) is 1.55. The number of nitrogens with one attached hydrogen (secondary N) is 1. The Balaban J connectivity index is 2.20. The van der Waals surface area contributed by atoms with Crippen LogP contribution in [0.25, 0.3) is 0 Å². The third-order valence-electron chi connectivity index (χ3n) is 2.42. The maximum Gasteiger partial charge on any atom is 0.226 e. The van der Waals surface area contributed by atoms with Gasteiger partial charge in [0.2, 0.25) is 11.8 Å². The maximum absolute atomic E-state index is 5.77. The second-order valence-corrected chi connectivity index (χ2v) is 4.98. The summed E-state index contributed by atoms with van der Waals surface area (Å²) in [6, 6.07) is 9.50. The van der Waals surface area contributed by atoms with Crippen molar-refractivity contribution >= 4 is 21.9 Å². The topological polar surface area (TPSA) is 47.0 Å². The van der Waals surface area contributed by atoms with Crippen LogP contribution in [0, 0.1) is 6.92 Å². The molecule has 0 radical (unpaired) electrons. The summed E-state index contributed by atoms with van der Waals surface area (Å²) in [5, 5.41) is 3.16. The Morgan fingerprint density at radius 3 is 2.79 bits per heavy atom. The quantitative estimate of drug-likeness (QED) is 0.898. The SMILES string of the molecule is CCCNc1nc(C)cc(Oc2ccccc2Br)n1. The zero-order chi connectivity index (χ0) is 13.7. The lowest BCUT2D eigenvalue weighted by Gasteiger charge is -2.09. The van der Waals surface area contributed by atoms with Crippen LogP contribution in [0.4, 0.5) is 5.95 Å². The van der Waals surface area contributed by atoms with E-state index in [-0.39, 0.29) is 0 Å². The number of anilines is 1. The molecule has 1 heterocycles. The standard InChI is InChI=1S/C14H16BrN3O/c1-3-8-16-14-17-10(2)9-13(18-14)19-12-7-5-4-6-11(12)15/h4-7,9H,3,8H2,1-2H3,(H,16,17,18). The third kappa shape index (κ3) is 3.92. The molecule has 0 aliphatic carbocycles. The molecule has 4 nitrogen and oxygen atoms in total. The average molecular weight is 322 g/mol. The lowest BCUT2D eigenvalue weighted by molar-refractivity contribution is 0.459. The van der Waals surface area contributed by atoms with Gasteiger partial charge < -0.3 is 10.1 Å². The smallest absolute Gasteiger partial charge is 0.226 e. The molecule has 1 aromatic carbocycles. The highest BCUT2D eigenvalue weighted by Crippen LogP contribution is 2.28. The van der Waals surface area contributed by atoms with Crippen LogP contribution in [0.5, 0.6) is 11.6 Å². The molecule has 0 aliphatic heterocycles. The van der Waals surface area contributed by atoms with E-state index in [9.17, 15) is 0 Å². The monoisotopic (exact) mass is 321 g/mol. The van der Waals surface area contributed by atoms with Crippen molar-refractivity contribution in [3.63, 3.8) is 0 Å². The molecule has 0 bridgehead atoms. The molecule has 1 aromatic heterocycles. The molecule has 1 N–H and O–H groups in total. The predicted molar refractivity (Wildman–Crippen MR) is 79.8 cm³/mol. The Bertz CT molecular complexity index is 560. The molecule has 100 valence electrons. The molecule has 0 unspecified atom stereocenters. The van der Waals surface area contributed by atoms with Crippen LogP contribution in [0.2, 0.25) is 0 Å². The molecule has 0 saturated heterocycles. The molecule has 5 heteroatoms. The number of ether oxygens (including phenoxy) is 1. The van der Waals surface area contributed by atoms with E-state index in [1.807, 2.05) is 37.3 Å². The molecule has 0 amide bonds. The summed E-state index contributed by atoms with van der Waals surface area (Å²) in [6.45, 7) is 4.87. The van der Waals surface area contributed by atoms with Gasteiger partial charge >= 0.3 is 0 Å². The van der Waals surface area contributed by atoms with Crippen molar-refractivity contribution in [1.29, 1.82) is 0 Å². The van der Waals surface area contributed by atoms with Gasteiger partial charge in [-0.25, -0.2) is 4.98 Å². The first-order valence-electron chi connectivity index (χ1n) is 6.21. The highest BCUT2D eigenvalue weighted by atomic mass is 79.9. The van der Waals surface area contributed by atoms with Gasteiger partial charge in [0.1, 0.15) is 5.75 Å². The van der Waals surface area contributed by atoms with E-state index in [0.717, 1.165) is 28.9 Å². The van der Waals surface area contributed by atoms with E-state index in [4.69, 9.17) is 4.74 Å². The van der Waals surface area contributed by atoms with Crippen LogP contribution >= 0.6 is 15.9 Å². The fraction of sp³-hybridized carbons (Fsp3) is 0.286. The lowest BCUT2D eigenvalue weighted by Crippen LogP contribution is -2.05. The molecular weight excluding hydrogens is 306 g/mol. The van der Waals surface area contributed by atoms with Gasteiger partial charge in [0.25, 0.3) is 0 Å². The van der Waals surface area contributed by atoms with E-state index < -0.39 is 0 Å². The van der Waals surface area contributed by atoms with Gasteiger partial charge in [0.05, 0.1) is 4.47 Å².